The van der Waals surface area contributed by atoms with Gasteiger partial charge >= 0.3 is 0 Å². The minimum absolute atomic E-state index is 0.125. The fraction of sp³-hybridized carbons (Fsp3) is 0.250. The topological polar surface area (TPSA) is 29.1 Å². The van der Waals surface area contributed by atoms with Crippen LogP contribution in [-0.4, -0.2) is 12.5 Å². The number of carbonyl (C=O) groups excluding carboxylic acids is 1. The molecule has 0 aliphatic carbocycles. The Balaban J connectivity index is 1.78. The van der Waals surface area contributed by atoms with Crippen molar-refractivity contribution in [3.63, 3.8) is 0 Å². The van der Waals surface area contributed by atoms with Crippen molar-refractivity contribution in [1.82, 2.24) is 5.32 Å². The highest BCUT2D eigenvalue weighted by Crippen LogP contribution is 2.15. The summed E-state index contributed by atoms with van der Waals surface area (Å²) in [6.07, 6.45) is 4.02. The average Bonchev–Trinajstić information content (AvgIpc) is 2.55. The summed E-state index contributed by atoms with van der Waals surface area (Å²) in [6.45, 7) is 4.83. The molecule has 0 aliphatic heterocycles. The van der Waals surface area contributed by atoms with Gasteiger partial charge in [0.25, 0.3) is 0 Å². The molecule has 0 fully saturated rings. The van der Waals surface area contributed by atoms with Gasteiger partial charge in [-0.3, -0.25) is 4.79 Å². The summed E-state index contributed by atoms with van der Waals surface area (Å²) >= 11 is 0. The lowest BCUT2D eigenvalue weighted by molar-refractivity contribution is -0.116. The summed E-state index contributed by atoms with van der Waals surface area (Å²) in [5.41, 5.74) is 3.29. The molecule has 23 heavy (non-hydrogen) atoms. The normalized spacial score (nSPS) is 11.1. The van der Waals surface area contributed by atoms with Crippen molar-refractivity contribution in [2.75, 3.05) is 6.54 Å². The van der Waals surface area contributed by atoms with E-state index < -0.39 is 0 Å². The highest BCUT2D eigenvalue weighted by molar-refractivity contribution is 5.91. The van der Waals surface area contributed by atoms with Crippen LogP contribution in [0.3, 0.4) is 0 Å². The fourth-order valence-electron chi connectivity index (χ4n) is 2.20. The third-order valence-corrected chi connectivity index (χ3v) is 3.66. The Morgan fingerprint density at radius 2 is 1.74 bits per heavy atom. The van der Waals surface area contributed by atoms with E-state index in [1.165, 1.54) is 23.8 Å². The van der Waals surface area contributed by atoms with Crippen molar-refractivity contribution in [3.8, 4) is 0 Å². The number of benzene rings is 2. The third kappa shape index (κ3) is 5.70. The minimum Gasteiger partial charge on any atom is -0.352 e. The lowest BCUT2D eigenvalue weighted by Gasteiger charge is -2.05. The van der Waals surface area contributed by atoms with E-state index in [4.69, 9.17) is 0 Å². The van der Waals surface area contributed by atoms with Crippen LogP contribution in [0.4, 0.5) is 4.39 Å². The standard InChI is InChI=1S/C20H22FNO/c1-15(2)18-8-3-16(4-9-18)7-12-20(23)22-14-13-17-5-10-19(21)11-6-17/h3-12,15H,13-14H2,1-2H3,(H,22,23)/b12-7+. The Kier molecular flexibility index (Phi) is 6.10. The molecule has 2 aromatic rings. The first-order valence-electron chi connectivity index (χ1n) is 7.85. The molecule has 0 aliphatic rings. The zero-order valence-corrected chi connectivity index (χ0v) is 13.6. The maximum absolute atomic E-state index is 12.8. The fourth-order valence-corrected chi connectivity index (χ4v) is 2.20. The lowest BCUT2D eigenvalue weighted by atomic mass is 10.0. The van der Waals surface area contributed by atoms with Crippen LogP contribution in [0.1, 0.15) is 36.5 Å². The van der Waals surface area contributed by atoms with Gasteiger partial charge in [-0.2, -0.15) is 0 Å². The Labute approximate surface area is 137 Å². The molecule has 2 nitrogen and oxygen atoms in total. The van der Waals surface area contributed by atoms with Gasteiger partial charge in [-0.15, -0.1) is 0 Å². The maximum atomic E-state index is 12.8. The molecule has 0 heterocycles. The molecule has 0 spiro atoms. The highest BCUT2D eigenvalue weighted by Gasteiger charge is 1.99. The second-order valence-electron chi connectivity index (χ2n) is 5.82. The molecule has 0 saturated carbocycles. The molecule has 3 heteroatoms. The van der Waals surface area contributed by atoms with E-state index in [9.17, 15) is 9.18 Å². The second kappa shape index (κ2) is 8.28. The molecule has 0 unspecified atom stereocenters. The summed E-state index contributed by atoms with van der Waals surface area (Å²) in [4.78, 5) is 11.8. The van der Waals surface area contributed by atoms with E-state index in [2.05, 4.69) is 31.3 Å². The van der Waals surface area contributed by atoms with Crippen molar-refractivity contribution in [1.29, 1.82) is 0 Å². The molecule has 120 valence electrons. The Morgan fingerprint density at radius 3 is 2.35 bits per heavy atom. The summed E-state index contributed by atoms with van der Waals surface area (Å²) < 4.78 is 12.8. The molecule has 1 amide bonds. The lowest BCUT2D eigenvalue weighted by Crippen LogP contribution is -2.23. The SMILES string of the molecule is CC(C)c1ccc(/C=C/C(=O)NCCc2ccc(F)cc2)cc1. The van der Waals surface area contributed by atoms with Crippen LogP contribution in [0.2, 0.25) is 0 Å². The molecule has 2 aromatic carbocycles. The number of carbonyl (C=O) groups is 1. The van der Waals surface area contributed by atoms with Gasteiger partial charge in [0.05, 0.1) is 0 Å². The summed E-state index contributed by atoms with van der Waals surface area (Å²) in [7, 11) is 0. The van der Waals surface area contributed by atoms with Gasteiger partial charge in [0.2, 0.25) is 5.91 Å². The zero-order valence-electron chi connectivity index (χ0n) is 13.6. The molecule has 1 N–H and O–H groups in total. The van der Waals surface area contributed by atoms with E-state index >= 15 is 0 Å². The Morgan fingerprint density at radius 1 is 1.09 bits per heavy atom. The van der Waals surface area contributed by atoms with Crippen LogP contribution < -0.4 is 5.32 Å². The molecular weight excluding hydrogens is 289 g/mol. The Hall–Kier alpha value is -2.42. The van der Waals surface area contributed by atoms with Gasteiger partial charge in [-0.25, -0.2) is 4.39 Å². The number of hydrogen-bond donors (Lipinski definition) is 1. The van der Waals surface area contributed by atoms with E-state index in [0.717, 1.165) is 11.1 Å². The van der Waals surface area contributed by atoms with E-state index in [1.54, 1.807) is 18.2 Å². The smallest absolute Gasteiger partial charge is 0.244 e. The van der Waals surface area contributed by atoms with Gasteiger partial charge in [0, 0.05) is 12.6 Å². The predicted molar refractivity (Wildman–Crippen MR) is 92.7 cm³/mol. The van der Waals surface area contributed by atoms with Gasteiger partial charge in [0.1, 0.15) is 5.82 Å². The van der Waals surface area contributed by atoms with Crippen LogP contribution in [-0.2, 0) is 11.2 Å². The van der Waals surface area contributed by atoms with E-state index in [-0.39, 0.29) is 11.7 Å². The van der Waals surface area contributed by atoms with Crippen molar-refractivity contribution in [3.05, 3.63) is 77.1 Å². The van der Waals surface area contributed by atoms with Crippen LogP contribution in [0, 0.1) is 5.82 Å². The number of halogens is 1. The monoisotopic (exact) mass is 311 g/mol. The molecule has 0 atom stereocenters. The third-order valence-electron chi connectivity index (χ3n) is 3.66. The molecule has 0 aromatic heterocycles. The number of amides is 1. The number of rotatable bonds is 6. The van der Waals surface area contributed by atoms with Crippen molar-refractivity contribution in [2.45, 2.75) is 26.2 Å². The van der Waals surface area contributed by atoms with Crippen LogP contribution in [0.25, 0.3) is 6.08 Å². The zero-order chi connectivity index (χ0) is 16.7. The van der Waals surface area contributed by atoms with Crippen molar-refractivity contribution >= 4 is 12.0 Å². The largest absolute Gasteiger partial charge is 0.352 e. The Bertz CT molecular complexity index is 657. The molecule has 0 radical (unpaired) electrons. The van der Waals surface area contributed by atoms with Crippen molar-refractivity contribution < 1.29 is 9.18 Å². The van der Waals surface area contributed by atoms with Crippen molar-refractivity contribution in [2.24, 2.45) is 0 Å². The predicted octanol–water partition coefficient (Wildman–Crippen LogP) is 4.32. The molecule has 0 bridgehead atoms. The molecule has 0 saturated heterocycles. The molecular formula is C20H22FNO. The van der Waals surface area contributed by atoms with Gasteiger partial charge in [-0.05, 0) is 47.2 Å². The second-order valence-corrected chi connectivity index (χ2v) is 5.82. The highest BCUT2D eigenvalue weighted by atomic mass is 19.1. The summed E-state index contributed by atoms with van der Waals surface area (Å²) in [5.74, 6) is 0.132. The maximum Gasteiger partial charge on any atom is 0.244 e. The average molecular weight is 311 g/mol. The number of nitrogens with one attached hydrogen (secondary N) is 1. The van der Waals surface area contributed by atoms with Gasteiger partial charge in [0.15, 0.2) is 0 Å². The first-order valence-corrected chi connectivity index (χ1v) is 7.85. The molecule has 2 rings (SSSR count). The summed E-state index contributed by atoms with van der Waals surface area (Å²) in [5, 5.41) is 2.83. The number of hydrogen-bond acceptors (Lipinski definition) is 1. The quantitative estimate of drug-likeness (QED) is 0.791. The van der Waals surface area contributed by atoms with Crippen LogP contribution >= 0.6 is 0 Å². The van der Waals surface area contributed by atoms with Gasteiger partial charge < -0.3 is 5.32 Å². The first kappa shape index (κ1) is 16.9. The minimum atomic E-state index is -0.246. The first-order chi connectivity index (χ1) is 11.0. The van der Waals surface area contributed by atoms with Crippen LogP contribution in [0.15, 0.2) is 54.6 Å². The van der Waals surface area contributed by atoms with Crippen LogP contribution in [0.5, 0.6) is 0 Å². The van der Waals surface area contributed by atoms with E-state index in [1.807, 2.05) is 12.1 Å². The van der Waals surface area contributed by atoms with Gasteiger partial charge in [-0.1, -0.05) is 50.2 Å². The summed E-state index contributed by atoms with van der Waals surface area (Å²) in [6, 6.07) is 14.5. The van der Waals surface area contributed by atoms with E-state index in [0.29, 0.717) is 18.9 Å².